The largest absolute Gasteiger partial charge is 0.207 e. The van der Waals surface area contributed by atoms with Crippen LogP contribution in [0.1, 0.15) is 27.1 Å². The van der Waals surface area contributed by atoms with Crippen molar-refractivity contribution in [3.63, 3.8) is 0 Å². The normalized spacial score (nSPS) is 12.5. The van der Waals surface area contributed by atoms with Gasteiger partial charge in [-0.2, -0.15) is 0 Å². The van der Waals surface area contributed by atoms with E-state index in [4.69, 9.17) is 0 Å². The summed E-state index contributed by atoms with van der Waals surface area (Å²) in [6, 6.07) is 10.6. The van der Waals surface area contributed by atoms with Crippen molar-refractivity contribution in [3.8, 4) is 0 Å². The first-order chi connectivity index (χ1) is 8.97. The number of rotatable bonds is 3. The van der Waals surface area contributed by atoms with Gasteiger partial charge in [0.2, 0.25) is 0 Å². The summed E-state index contributed by atoms with van der Waals surface area (Å²) in [5.74, 6) is -0.738. The van der Waals surface area contributed by atoms with Crippen molar-refractivity contribution in [2.45, 2.75) is 25.1 Å². The Bertz CT molecular complexity index is 576. The molecule has 1 atom stereocenters. The van der Waals surface area contributed by atoms with E-state index < -0.39 is 0 Å². The third-order valence-electron chi connectivity index (χ3n) is 3.15. The van der Waals surface area contributed by atoms with Gasteiger partial charge in [0.15, 0.2) is 0 Å². The zero-order valence-electron chi connectivity index (χ0n) is 10.9. The Balaban J connectivity index is 2.22. The smallest absolute Gasteiger partial charge is 0.128 e. The molecular weight excluding hydrogens is 310 g/mol. The molecule has 2 aromatic rings. The molecular formula is C16H15BrF2. The van der Waals surface area contributed by atoms with Crippen molar-refractivity contribution < 1.29 is 8.78 Å². The van der Waals surface area contributed by atoms with Crippen molar-refractivity contribution in [2.24, 2.45) is 0 Å². The lowest BCUT2D eigenvalue weighted by atomic mass is 10.0. The van der Waals surface area contributed by atoms with Gasteiger partial charge in [0.1, 0.15) is 11.6 Å². The maximum absolute atomic E-state index is 13.9. The second kappa shape index (κ2) is 5.83. The molecule has 0 N–H and O–H groups in total. The van der Waals surface area contributed by atoms with Crippen molar-refractivity contribution >= 4 is 15.9 Å². The van der Waals surface area contributed by atoms with Crippen molar-refractivity contribution in [1.29, 1.82) is 0 Å². The highest BCUT2D eigenvalue weighted by Crippen LogP contribution is 2.30. The zero-order valence-corrected chi connectivity index (χ0v) is 12.5. The molecule has 0 fully saturated rings. The predicted molar refractivity (Wildman–Crippen MR) is 77.6 cm³/mol. The van der Waals surface area contributed by atoms with Gasteiger partial charge in [-0.05, 0) is 43.5 Å². The van der Waals surface area contributed by atoms with Crippen LogP contribution in [0.15, 0.2) is 36.4 Å². The van der Waals surface area contributed by atoms with E-state index in [0.29, 0.717) is 17.5 Å². The molecule has 0 amide bonds. The third-order valence-corrected chi connectivity index (χ3v) is 3.97. The van der Waals surface area contributed by atoms with E-state index in [-0.39, 0.29) is 16.5 Å². The number of hydrogen-bond donors (Lipinski definition) is 0. The molecule has 0 bridgehead atoms. The van der Waals surface area contributed by atoms with Crippen LogP contribution < -0.4 is 0 Å². The lowest BCUT2D eigenvalue weighted by Crippen LogP contribution is -2.01. The summed E-state index contributed by atoms with van der Waals surface area (Å²) in [6.07, 6.45) is 0.625. The van der Waals surface area contributed by atoms with Gasteiger partial charge >= 0.3 is 0 Å². The standard InChI is InChI=1S/C16H15BrF2/c1-10-3-5-12(6-4-10)8-14(17)13-9-15(18)11(2)7-16(13)19/h3-7,9,14H,8H2,1-2H3. The van der Waals surface area contributed by atoms with Crippen molar-refractivity contribution in [2.75, 3.05) is 0 Å². The van der Waals surface area contributed by atoms with Crippen LogP contribution >= 0.6 is 15.9 Å². The highest BCUT2D eigenvalue weighted by Gasteiger charge is 2.15. The van der Waals surface area contributed by atoms with Crippen LogP contribution in [0.2, 0.25) is 0 Å². The van der Waals surface area contributed by atoms with Crippen LogP contribution in [-0.2, 0) is 6.42 Å². The summed E-state index contributed by atoms with van der Waals surface area (Å²) in [6.45, 7) is 3.58. The Hall–Kier alpha value is -1.22. The summed E-state index contributed by atoms with van der Waals surface area (Å²) in [5, 5.41) is 0. The van der Waals surface area contributed by atoms with Crippen LogP contribution in [0, 0.1) is 25.5 Å². The molecule has 2 rings (SSSR count). The number of aryl methyl sites for hydroxylation is 2. The van der Waals surface area contributed by atoms with E-state index in [9.17, 15) is 8.78 Å². The van der Waals surface area contributed by atoms with Crippen LogP contribution in [0.25, 0.3) is 0 Å². The van der Waals surface area contributed by atoms with Gasteiger partial charge < -0.3 is 0 Å². The van der Waals surface area contributed by atoms with Crippen molar-refractivity contribution in [3.05, 3.63) is 70.3 Å². The number of halogens is 3. The van der Waals surface area contributed by atoms with Gasteiger partial charge in [-0.15, -0.1) is 0 Å². The molecule has 100 valence electrons. The molecule has 0 aliphatic carbocycles. The Kier molecular flexibility index (Phi) is 4.35. The average Bonchev–Trinajstić information content (AvgIpc) is 2.36. The SMILES string of the molecule is Cc1ccc(CC(Br)c2cc(F)c(C)cc2F)cc1. The second-order valence-corrected chi connectivity index (χ2v) is 5.89. The molecule has 3 heteroatoms. The van der Waals surface area contributed by atoms with Gasteiger partial charge in [0, 0.05) is 10.4 Å². The van der Waals surface area contributed by atoms with Gasteiger partial charge in [-0.1, -0.05) is 45.8 Å². The summed E-state index contributed by atoms with van der Waals surface area (Å²) in [7, 11) is 0. The van der Waals surface area contributed by atoms with Gasteiger partial charge in [0.25, 0.3) is 0 Å². The minimum Gasteiger partial charge on any atom is -0.207 e. The number of hydrogen-bond acceptors (Lipinski definition) is 0. The molecule has 0 heterocycles. The Morgan fingerprint density at radius 3 is 2.26 bits per heavy atom. The first-order valence-corrected chi connectivity index (χ1v) is 7.04. The molecule has 0 saturated carbocycles. The maximum atomic E-state index is 13.9. The fourth-order valence-corrected chi connectivity index (χ4v) is 2.67. The third kappa shape index (κ3) is 3.41. The van der Waals surface area contributed by atoms with E-state index in [2.05, 4.69) is 15.9 Å². The van der Waals surface area contributed by atoms with Crippen LogP contribution in [0.4, 0.5) is 8.78 Å². The number of benzene rings is 2. The molecule has 0 nitrogen and oxygen atoms in total. The lowest BCUT2D eigenvalue weighted by molar-refractivity contribution is 0.577. The minimum absolute atomic E-state index is 0.231. The van der Waals surface area contributed by atoms with Crippen LogP contribution in [0.5, 0.6) is 0 Å². The number of alkyl halides is 1. The Morgan fingerprint density at radius 2 is 1.63 bits per heavy atom. The van der Waals surface area contributed by atoms with E-state index in [1.807, 2.05) is 31.2 Å². The topological polar surface area (TPSA) is 0 Å². The summed E-state index contributed by atoms with van der Waals surface area (Å²) in [4.78, 5) is -0.231. The van der Waals surface area contributed by atoms with Crippen LogP contribution in [0.3, 0.4) is 0 Å². The summed E-state index contributed by atoms with van der Waals surface area (Å²) >= 11 is 3.44. The van der Waals surface area contributed by atoms with E-state index in [1.54, 1.807) is 6.92 Å². The van der Waals surface area contributed by atoms with E-state index in [0.717, 1.165) is 5.56 Å². The predicted octanol–water partition coefficient (Wildman–Crippen LogP) is 5.26. The van der Waals surface area contributed by atoms with Crippen molar-refractivity contribution in [1.82, 2.24) is 0 Å². The first-order valence-electron chi connectivity index (χ1n) is 6.12. The molecule has 0 saturated heterocycles. The highest BCUT2D eigenvalue weighted by molar-refractivity contribution is 9.09. The lowest BCUT2D eigenvalue weighted by Gasteiger charge is -2.13. The molecule has 0 aliphatic heterocycles. The molecule has 2 aromatic carbocycles. The van der Waals surface area contributed by atoms with Gasteiger partial charge in [0.05, 0.1) is 0 Å². The molecule has 1 unspecified atom stereocenters. The molecule has 0 spiro atoms. The highest BCUT2D eigenvalue weighted by atomic mass is 79.9. The maximum Gasteiger partial charge on any atom is 0.128 e. The van der Waals surface area contributed by atoms with Gasteiger partial charge in [-0.25, -0.2) is 8.78 Å². The van der Waals surface area contributed by atoms with E-state index in [1.165, 1.54) is 17.7 Å². The summed E-state index contributed by atoms with van der Waals surface area (Å²) in [5.41, 5.74) is 2.97. The molecule has 0 aliphatic rings. The zero-order chi connectivity index (χ0) is 14.0. The fraction of sp³-hybridized carbons (Fsp3) is 0.250. The average molecular weight is 325 g/mol. The monoisotopic (exact) mass is 324 g/mol. The first kappa shape index (κ1) is 14.2. The molecule has 19 heavy (non-hydrogen) atoms. The fourth-order valence-electron chi connectivity index (χ4n) is 1.94. The minimum atomic E-state index is -0.371. The Labute approximate surface area is 120 Å². The van der Waals surface area contributed by atoms with Crippen LogP contribution in [-0.4, -0.2) is 0 Å². The Morgan fingerprint density at radius 1 is 1.00 bits per heavy atom. The second-order valence-electron chi connectivity index (χ2n) is 4.78. The van der Waals surface area contributed by atoms with Gasteiger partial charge in [-0.3, -0.25) is 0 Å². The molecule has 0 radical (unpaired) electrons. The quantitative estimate of drug-likeness (QED) is 0.675. The summed E-state index contributed by atoms with van der Waals surface area (Å²) < 4.78 is 27.4. The molecule has 0 aromatic heterocycles. The van der Waals surface area contributed by atoms with E-state index >= 15 is 0 Å².